The predicted molar refractivity (Wildman–Crippen MR) is 86.2 cm³/mol. The number of amides is 1. The summed E-state index contributed by atoms with van der Waals surface area (Å²) in [7, 11) is 0. The van der Waals surface area contributed by atoms with Gasteiger partial charge in [-0.3, -0.25) is 4.79 Å². The molecule has 0 spiro atoms. The number of hydrogen-bond acceptors (Lipinski definition) is 1. The van der Waals surface area contributed by atoms with Gasteiger partial charge in [0.2, 0.25) is 0 Å². The summed E-state index contributed by atoms with van der Waals surface area (Å²) in [5.74, 6) is 0.845. The monoisotopic (exact) mass is 421 g/mol. The number of benzene rings is 1. The highest BCUT2D eigenvalue weighted by molar-refractivity contribution is 14.1. The van der Waals surface area contributed by atoms with Gasteiger partial charge in [-0.1, -0.05) is 22.0 Å². The van der Waals surface area contributed by atoms with Crippen molar-refractivity contribution in [3.8, 4) is 0 Å². The first-order valence-corrected chi connectivity index (χ1v) is 8.51. The van der Waals surface area contributed by atoms with Crippen molar-refractivity contribution < 1.29 is 4.79 Å². The lowest BCUT2D eigenvalue weighted by atomic mass is 9.95. The maximum absolute atomic E-state index is 12.4. The predicted octanol–water partition coefficient (Wildman–Crippen LogP) is 3.93. The largest absolute Gasteiger partial charge is 0.338 e. The van der Waals surface area contributed by atoms with Crippen molar-refractivity contribution in [2.75, 3.05) is 18.4 Å². The van der Waals surface area contributed by atoms with Crippen molar-refractivity contribution in [2.24, 2.45) is 5.92 Å². The topological polar surface area (TPSA) is 20.3 Å². The Morgan fingerprint density at radius 1 is 1.50 bits per heavy atom. The third kappa shape index (κ3) is 3.70. The van der Waals surface area contributed by atoms with Gasteiger partial charge in [0.1, 0.15) is 0 Å². The molecule has 2 nitrogen and oxygen atoms in total. The maximum Gasteiger partial charge on any atom is 0.253 e. The fourth-order valence-corrected chi connectivity index (χ4v) is 3.63. The van der Waals surface area contributed by atoms with E-state index in [-0.39, 0.29) is 5.91 Å². The highest BCUT2D eigenvalue weighted by Crippen LogP contribution is 2.22. The Labute approximate surface area is 130 Å². The summed E-state index contributed by atoms with van der Waals surface area (Å²) < 4.78 is 1.12. The van der Waals surface area contributed by atoms with E-state index < -0.39 is 0 Å². The van der Waals surface area contributed by atoms with Gasteiger partial charge >= 0.3 is 0 Å². The molecule has 1 aromatic carbocycles. The molecule has 1 saturated heterocycles. The van der Waals surface area contributed by atoms with Crippen LogP contribution in [0.3, 0.4) is 0 Å². The minimum absolute atomic E-state index is 0.188. The molecule has 1 atom stereocenters. The first-order valence-electron chi connectivity index (χ1n) is 6.31. The van der Waals surface area contributed by atoms with Crippen LogP contribution in [0.2, 0.25) is 0 Å². The summed E-state index contributed by atoms with van der Waals surface area (Å²) in [5, 5.41) is 1.03. The summed E-state index contributed by atoms with van der Waals surface area (Å²) >= 11 is 5.74. The van der Waals surface area contributed by atoms with E-state index in [4.69, 9.17) is 0 Å². The number of nitrogens with zero attached hydrogens (tertiary/aromatic N) is 1. The summed E-state index contributed by atoms with van der Waals surface area (Å²) in [5.41, 5.74) is 0.821. The Morgan fingerprint density at radius 2 is 2.33 bits per heavy atom. The fraction of sp³-hybridized carbons (Fsp3) is 0.500. The van der Waals surface area contributed by atoms with Crippen LogP contribution in [0.15, 0.2) is 24.3 Å². The number of halogens is 2. The van der Waals surface area contributed by atoms with Gasteiger partial charge in [0.25, 0.3) is 5.91 Å². The molecule has 1 unspecified atom stereocenters. The van der Waals surface area contributed by atoms with Gasteiger partial charge in [-0.05, 0) is 66.0 Å². The van der Waals surface area contributed by atoms with Crippen LogP contribution in [0.5, 0.6) is 0 Å². The molecule has 1 aliphatic heterocycles. The summed E-state index contributed by atoms with van der Waals surface area (Å²) in [6.07, 6.45) is 3.55. The van der Waals surface area contributed by atoms with Crippen LogP contribution in [0.1, 0.15) is 29.6 Å². The molecule has 1 aliphatic rings. The van der Waals surface area contributed by atoms with E-state index in [0.717, 1.165) is 40.4 Å². The molecular weight excluding hydrogens is 405 g/mol. The van der Waals surface area contributed by atoms with Crippen LogP contribution >= 0.6 is 38.5 Å². The molecule has 0 bridgehead atoms. The molecule has 0 N–H and O–H groups in total. The zero-order valence-corrected chi connectivity index (χ0v) is 14.0. The zero-order valence-electron chi connectivity index (χ0n) is 10.2. The number of rotatable bonds is 3. The number of alkyl halides is 1. The second-order valence-electron chi connectivity index (χ2n) is 4.75. The van der Waals surface area contributed by atoms with Crippen molar-refractivity contribution in [1.29, 1.82) is 0 Å². The van der Waals surface area contributed by atoms with Gasteiger partial charge in [-0.25, -0.2) is 0 Å². The molecule has 0 aromatic heterocycles. The van der Waals surface area contributed by atoms with Gasteiger partial charge in [-0.15, -0.1) is 0 Å². The van der Waals surface area contributed by atoms with Gasteiger partial charge < -0.3 is 4.90 Å². The highest BCUT2D eigenvalue weighted by Gasteiger charge is 2.23. The van der Waals surface area contributed by atoms with Crippen LogP contribution in [0, 0.1) is 9.49 Å². The molecule has 98 valence electrons. The van der Waals surface area contributed by atoms with Crippen molar-refractivity contribution >= 4 is 44.4 Å². The number of likely N-dealkylation sites (tertiary alicyclic amines) is 1. The third-order valence-electron chi connectivity index (χ3n) is 3.40. The van der Waals surface area contributed by atoms with Gasteiger partial charge in [0.05, 0.1) is 0 Å². The normalized spacial score (nSPS) is 19.9. The second kappa shape index (κ2) is 6.89. The number of piperidine rings is 1. The molecular formula is C14H17BrINO. The Kier molecular flexibility index (Phi) is 5.48. The zero-order chi connectivity index (χ0) is 13.0. The number of carbonyl (C=O) groups excluding carboxylic acids is 1. The lowest BCUT2D eigenvalue weighted by Gasteiger charge is -2.32. The Morgan fingerprint density at radius 3 is 3.06 bits per heavy atom. The molecule has 1 amide bonds. The highest BCUT2D eigenvalue weighted by atomic mass is 127. The average Bonchev–Trinajstić information content (AvgIpc) is 2.39. The molecule has 2 rings (SSSR count). The first-order chi connectivity index (χ1) is 8.70. The van der Waals surface area contributed by atoms with Gasteiger partial charge in [-0.2, -0.15) is 0 Å². The van der Waals surface area contributed by atoms with E-state index in [1.165, 1.54) is 6.42 Å². The van der Waals surface area contributed by atoms with E-state index in [2.05, 4.69) is 38.5 Å². The molecule has 0 saturated carbocycles. The van der Waals surface area contributed by atoms with Crippen molar-refractivity contribution in [2.45, 2.75) is 19.3 Å². The molecule has 1 fully saturated rings. The van der Waals surface area contributed by atoms with Crippen LogP contribution < -0.4 is 0 Å². The summed E-state index contributed by atoms with van der Waals surface area (Å²) in [6.45, 7) is 1.82. The van der Waals surface area contributed by atoms with E-state index in [1.807, 2.05) is 29.2 Å². The lowest BCUT2D eigenvalue weighted by Crippen LogP contribution is -2.40. The minimum atomic E-state index is 0.188. The van der Waals surface area contributed by atoms with Gasteiger partial charge in [0.15, 0.2) is 0 Å². The first kappa shape index (κ1) is 14.3. The van der Waals surface area contributed by atoms with Gasteiger partial charge in [0, 0.05) is 27.6 Å². The smallest absolute Gasteiger partial charge is 0.253 e. The van der Waals surface area contributed by atoms with Crippen molar-refractivity contribution in [1.82, 2.24) is 4.90 Å². The van der Waals surface area contributed by atoms with E-state index >= 15 is 0 Å². The third-order valence-corrected chi connectivity index (χ3v) is 4.52. The van der Waals surface area contributed by atoms with Crippen LogP contribution in [0.4, 0.5) is 0 Å². The van der Waals surface area contributed by atoms with Crippen molar-refractivity contribution in [3.05, 3.63) is 33.4 Å². The number of hydrogen-bond donors (Lipinski definition) is 0. The SMILES string of the molecule is O=C(c1cccc(I)c1)N1CCCC(CCBr)C1. The van der Waals surface area contributed by atoms with Crippen LogP contribution in [-0.2, 0) is 0 Å². The minimum Gasteiger partial charge on any atom is -0.338 e. The van der Waals surface area contributed by atoms with E-state index in [0.29, 0.717) is 5.92 Å². The van der Waals surface area contributed by atoms with Crippen LogP contribution in [-0.4, -0.2) is 29.2 Å². The Balaban J connectivity index is 2.04. The summed E-state index contributed by atoms with van der Waals surface area (Å²) in [6, 6.07) is 7.85. The lowest BCUT2D eigenvalue weighted by molar-refractivity contribution is 0.0672. The van der Waals surface area contributed by atoms with Crippen molar-refractivity contribution in [3.63, 3.8) is 0 Å². The van der Waals surface area contributed by atoms with E-state index in [9.17, 15) is 4.79 Å². The maximum atomic E-state index is 12.4. The molecule has 0 aliphatic carbocycles. The van der Waals surface area contributed by atoms with E-state index in [1.54, 1.807) is 0 Å². The Hall–Kier alpha value is -0.100. The summed E-state index contributed by atoms with van der Waals surface area (Å²) in [4.78, 5) is 14.4. The van der Waals surface area contributed by atoms with Crippen LogP contribution in [0.25, 0.3) is 0 Å². The number of carbonyl (C=O) groups is 1. The molecule has 0 radical (unpaired) electrons. The standard InChI is InChI=1S/C14H17BrINO/c15-7-6-11-3-2-8-17(10-11)14(18)12-4-1-5-13(16)9-12/h1,4-5,9,11H,2-3,6-8,10H2. The second-order valence-corrected chi connectivity index (χ2v) is 6.79. The Bertz CT molecular complexity index is 422. The molecule has 18 heavy (non-hydrogen) atoms. The average molecular weight is 422 g/mol. The molecule has 1 aromatic rings. The fourth-order valence-electron chi connectivity index (χ4n) is 2.44. The molecule has 1 heterocycles. The molecule has 4 heteroatoms. The quantitative estimate of drug-likeness (QED) is 0.534.